The highest BCUT2D eigenvalue weighted by molar-refractivity contribution is 5.67. The number of anilines is 1. The van der Waals surface area contributed by atoms with Crippen molar-refractivity contribution in [1.29, 1.82) is 0 Å². The number of carbonyl (C=O) groups is 1. The van der Waals surface area contributed by atoms with Crippen molar-refractivity contribution in [2.24, 2.45) is 0 Å². The Balaban J connectivity index is 1.41. The van der Waals surface area contributed by atoms with Crippen molar-refractivity contribution >= 4 is 11.7 Å². The second-order valence-electron chi connectivity index (χ2n) is 9.99. The fraction of sp³-hybridized carbons (Fsp3) is 0.759. The van der Waals surface area contributed by atoms with Crippen LogP contribution >= 0.6 is 0 Å². The van der Waals surface area contributed by atoms with Crippen LogP contribution in [0.15, 0.2) is 24.3 Å². The topological polar surface area (TPSA) is 43.8 Å². The third-order valence-electron chi connectivity index (χ3n) is 7.13. The molecule has 4 nitrogen and oxygen atoms in total. The molecule has 0 saturated carbocycles. The third kappa shape index (κ3) is 13.1. The van der Waals surface area contributed by atoms with E-state index < -0.39 is 5.97 Å². The highest BCUT2D eigenvalue weighted by Crippen LogP contribution is 2.19. The van der Waals surface area contributed by atoms with Crippen molar-refractivity contribution in [3.63, 3.8) is 0 Å². The number of rotatable bonds is 19. The Hall–Kier alpha value is -1.55. The Bertz CT molecular complexity index is 609. The number of unbranched alkanes of at least 4 members (excludes halogenated alkanes) is 13. The van der Waals surface area contributed by atoms with Crippen LogP contribution in [0.5, 0.6) is 0 Å². The number of carboxylic acid groups (broad SMARTS) is 1. The van der Waals surface area contributed by atoms with Gasteiger partial charge in [0.25, 0.3) is 0 Å². The first-order valence-corrected chi connectivity index (χ1v) is 14.0. The van der Waals surface area contributed by atoms with Crippen LogP contribution in [-0.4, -0.2) is 48.7 Å². The fourth-order valence-corrected chi connectivity index (χ4v) is 4.88. The lowest BCUT2D eigenvalue weighted by atomic mass is 10.0. The lowest BCUT2D eigenvalue weighted by Gasteiger charge is -2.36. The summed E-state index contributed by atoms with van der Waals surface area (Å²) in [6.45, 7) is 8.02. The minimum Gasteiger partial charge on any atom is -0.481 e. The van der Waals surface area contributed by atoms with Gasteiger partial charge in [-0.1, -0.05) is 103 Å². The summed E-state index contributed by atoms with van der Waals surface area (Å²) in [7, 11) is 0. The van der Waals surface area contributed by atoms with Crippen molar-refractivity contribution in [3.05, 3.63) is 29.8 Å². The molecule has 1 N–H and O–H groups in total. The molecular formula is C29H50N2O2. The molecule has 0 spiro atoms. The normalized spacial score (nSPS) is 14.6. The zero-order chi connectivity index (χ0) is 23.6. The smallest absolute Gasteiger partial charge is 0.303 e. The van der Waals surface area contributed by atoms with Crippen molar-refractivity contribution in [2.75, 3.05) is 37.6 Å². The zero-order valence-electron chi connectivity index (χ0n) is 21.4. The maximum Gasteiger partial charge on any atom is 0.303 e. The summed E-state index contributed by atoms with van der Waals surface area (Å²) in [5.74, 6) is -0.728. The van der Waals surface area contributed by atoms with Gasteiger partial charge in [-0.05, 0) is 37.1 Å². The molecule has 2 rings (SSSR count). The molecule has 0 atom stereocenters. The van der Waals surface area contributed by atoms with Gasteiger partial charge in [0.1, 0.15) is 0 Å². The van der Waals surface area contributed by atoms with Gasteiger partial charge >= 0.3 is 5.97 Å². The molecule has 1 aliphatic rings. The number of nitrogens with zero attached hydrogens (tertiary/aromatic N) is 2. The van der Waals surface area contributed by atoms with Crippen LogP contribution in [0.2, 0.25) is 0 Å². The first-order chi connectivity index (χ1) is 16.2. The Morgan fingerprint density at radius 3 is 1.70 bits per heavy atom. The highest BCUT2D eigenvalue weighted by Gasteiger charge is 2.16. The van der Waals surface area contributed by atoms with Gasteiger partial charge in [0.15, 0.2) is 0 Å². The summed E-state index contributed by atoms with van der Waals surface area (Å²) in [6, 6.07) is 8.47. The van der Waals surface area contributed by atoms with Gasteiger partial charge in [0, 0.05) is 38.3 Å². The molecule has 1 aromatic rings. The van der Waals surface area contributed by atoms with Gasteiger partial charge in [-0.25, -0.2) is 0 Å². The SMILES string of the molecule is CCCCCCCCCCCCCCCCN1CCN(c2ccc(CCC(=O)O)cc2)CC1. The molecule has 4 heteroatoms. The zero-order valence-corrected chi connectivity index (χ0v) is 21.4. The first-order valence-electron chi connectivity index (χ1n) is 14.0. The van der Waals surface area contributed by atoms with E-state index in [9.17, 15) is 4.79 Å². The van der Waals surface area contributed by atoms with Crippen LogP contribution in [0, 0.1) is 0 Å². The van der Waals surface area contributed by atoms with E-state index >= 15 is 0 Å². The first kappa shape index (κ1) is 27.7. The van der Waals surface area contributed by atoms with E-state index in [4.69, 9.17) is 5.11 Å². The molecule has 1 aliphatic heterocycles. The molecule has 1 fully saturated rings. The lowest BCUT2D eigenvalue weighted by Crippen LogP contribution is -2.46. The van der Waals surface area contributed by atoms with E-state index in [1.807, 2.05) is 0 Å². The van der Waals surface area contributed by atoms with Gasteiger partial charge in [0.05, 0.1) is 0 Å². The average molecular weight is 459 g/mol. The number of aryl methyl sites for hydroxylation is 1. The Labute approximate surface area is 203 Å². The Morgan fingerprint density at radius 1 is 0.727 bits per heavy atom. The molecule has 188 valence electrons. The van der Waals surface area contributed by atoms with Crippen LogP contribution in [0.25, 0.3) is 0 Å². The molecule has 33 heavy (non-hydrogen) atoms. The van der Waals surface area contributed by atoms with Gasteiger partial charge in [0.2, 0.25) is 0 Å². The van der Waals surface area contributed by atoms with E-state index in [0.717, 1.165) is 31.7 Å². The van der Waals surface area contributed by atoms with Gasteiger partial charge in [-0.15, -0.1) is 0 Å². The minimum atomic E-state index is -0.728. The Morgan fingerprint density at radius 2 is 1.21 bits per heavy atom. The molecule has 1 aromatic carbocycles. The van der Waals surface area contributed by atoms with Gasteiger partial charge in [-0.2, -0.15) is 0 Å². The monoisotopic (exact) mass is 458 g/mol. The summed E-state index contributed by atoms with van der Waals surface area (Å²) in [5, 5.41) is 8.82. The average Bonchev–Trinajstić information content (AvgIpc) is 2.83. The summed E-state index contributed by atoms with van der Waals surface area (Å²) >= 11 is 0. The van der Waals surface area contributed by atoms with E-state index in [1.165, 1.54) is 102 Å². The summed E-state index contributed by atoms with van der Waals surface area (Å²) in [6.07, 6.45) is 20.7. The van der Waals surface area contributed by atoms with Crippen molar-refractivity contribution in [2.45, 2.75) is 110 Å². The summed E-state index contributed by atoms with van der Waals surface area (Å²) < 4.78 is 0. The largest absolute Gasteiger partial charge is 0.481 e. The second kappa shape index (κ2) is 17.9. The Kier molecular flexibility index (Phi) is 15.0. The second-order valence-corrected chi connectivity index (χ2v) is 9.99. The predicted octanol–water partition coefficient (Wildman–Crippen LogP) is 7.31. The van der Waals surface area contributed by atoms with Crippen molar-refractivity contribution in [3.8, 4) is 0 Å². The summed E-state index contributed by atoms with van der Waals surface area (Å²) in [5.41, 5.74) is 2.38. The van der Waals surface area contributed by atoms with E-state index in [0.29, 0.717) is 6.42 Å². The standard InChI is InChI=1S/C29H50N2O2/c1-2-3-4-5-6-7-8-9-10-11-12-13-14-15-22-30-23-25-31(26-24-30)28-19-16-27(17-20-28)18-21-29(32)33/h16-17,19-20H,2-15,18,21-26H2,1H3,(H,32,33). The third-order valence-corrected chi connectivity index (χ3v) is 7.13. The van der Waals surface area contributed by atoms with Crippen LogP contribution < -0.4 is 4.90 Å². The van der Waals surface area contributed by atoms with Crippen molar-refractivity contribution < 1.29 is 9.90 Å². The molecule has 0 amide bonds. The fourth-order valence-electron chi connectivity index (χ4n) is 4.88. The molecule has 0 aromatic heterocycles. The summed E-state index contributed by atoms with van der Waals surface area (Å²) in [4.78, 5) is 15.8. The quantitative estimate of drug-likeness (QED) is 0.221. The molecule has 1 saturated heterocycles. The van der Waals surface area contributed by atoms with Crippen LogP contribution in [-0.2, 0) is 11.2 Å². The van der Waals surface area contributed by atoms with E-state index in [-0.39, 0.29) is 6.42 Å². The van der Waals surface area contributed by atoms with Crippen LogP contribution in [0.1, 0.15) is 109 Å². The van der Waals surface area contributed by atoms with Gasteiger partial charge < -0.3 is 10.0 Å². The van der Waals surface area contributed by atoms with Crippen LogP contribution in [0.3, 0.4) is 0 Å². The van der Waals surface area contributed by atoms with E-state index in [1.54, 1.807) is 0 Å². The number of carboxylic acids is 1. The van der Waals surface area contributed by atoms with E-state index in [2.05, 4.69) is 41.0 Å². The predicted molar refractivity (Wildman–Crippen MR) is 141 cm³/mol. The molecule has 0 unspecified atom stereocenters. The lowest BCUT2D eigenvalue weighted by molar-refractivity contribution is -0.136. The molecular weight excluding hydrogens is 408 g/mol. The molecule has 0 bridgehead atoms. The molecule has 0 radical (unpaired) electrons. The maximum atomic E-state index is 10.7. The van der Waals surface area contributed by atoms with Gasteiger partial charge in [-0.3, -0.25) is 9.69 Å². The maximum absolute atomic E-state index is 10.7. The number of hydrogen-bond acceptors (Lipinski definition) is 3. The molecule has 0 aliphatic carbocycles. The number of benzene rings is 1. The number of aliphatic carboxylic acids is 1. The highest BCUT2D eigenvalue weighted by atomic mass is 16.4. The van der Waals surface area contributed by atoms with Crippen LogP contribution in [0.4, 0.5) is 5.69 Å². The minimum absolute atomic E-state index is 0.206. The number of piperazine rings is 1. The van der Waals surface area contributed by atoms with Crippen molar-refractivity contribution in [1.82, 2.24) is 4.90 Å². The molecule has 1 heterocycles. The number of hydrogen-bond donors (Lipinski definition) is 1.